The molecule has 1 aliphatic heterocycles. The molecule has 2 heteroatoms. The minimum absolute atomic E-state index is 0.0289. The Bertz CT molecular complexity index is 132. The predicted molar refractivity (Wildman–Crippen MR) is 42.3 cm³/mol. The van der Waals surface area contributed by atoms with Gasteiger partial charge in [-0.15, -0.1) is 0 Å². The van der Waals surface area contributed by atoms with Gasteiger partial charge in [0.15, 0.2) is 0 Å². The predicted octanol–water partition coefficient (Wildman–Crippen LogP) is 1.33. The van der Waals surface area contributed by atoms with Crippen LogP contribution in [0, 0.1) is 5.92 Å². The van der Waals surface area contributed by atoms with Gasteiger partial charge in [-0.1, -0.05) is 6.42 Å². The van der Waals surface area contributed by atoms with E-state index in [4.69, 9.17) is 4.74 Å². The van der Waals surface area contributed by atoms with Crippen LogP contribution in [0.1, 0.15) is 32.1 Å². The highest BCUT2D eigenvalue weighted by atomic mass is 16.6. The van der Waals surface area contributed by atoms with Gasteiger partial charge in [-0.05, 0) is 31.6 Å². The normalized spacial score (nSPS) is 45.0. The molecule has 1 saturated heterocycles. The zero-order chi connectivity index (χ0) is 7.68. The van der Waals surface area contributed by atoms with Crippen molar-refractivity contribution in [3.05, 3.63) is 0 Å². The van der Waals surface area contributed by atoms with E-state index in [1.165, 1.54) is 19.3 Å². The summed E-state index contributed by atoms with van der Waals surface area (Å²) in [6.07, 6.45) is 6.14. The first-order valence-electron chi connectivity index (χ1n) is 4.66. The van der Waals surface area contributed by atoms with Crippen LogP contribution >= 0.6 is 0 Å². The molecule has 0 radical (unpaired) electrons. The molecule has 0 bridgehead atoms. The molecular weight excluding hydrogens is 140 g/mol. The Morgan fingerprint density at radius 3 is 2.64 bits per heavy atom. The van der Waals surface area contributed by atoms with Gasteiger partial charge >= 0.3 is 0 Å². The molecule has 0 spiro atoms. The Balaban J connectivity index is 1.82. The lowest BCUT2D eigenvalue weighted by molar-refractivity contribution is 0.155. The standard InChI is InChI=1S/C9H16O2/c10-8-3-1-2-7(4-5-8)9-6-11-9/h7-10H,1-6H2. The molecule has 3 atom stereocenters. The van der Waals surface area contributed by atoms with Crippen LogP contribution in [-0.4, -0.2) is 23.9 Å². The summed E-state index contributed by atoms with van der Waals surface area (Å²) in [5.74, 6) is 0.757. The molecule has 0 aromatic rings. The average Bonchev–Trinajstić information content (AvgIpc) is 2.73. The molecule has 1 N–H and O–H groups in total. The molecule has 2 nitrogen and oxygen atoms in total. The van der Waals surface area contributed by atoms with Crippen molar-refractivity contribution in [2.45, 2.75) is 44.3 Å². The highest BCUT2D eigenvalue weighted by molar-refractivity contribution is 4.82. The van der Waals surface area contributed by atoms with Gasteiger partial charge in [-0.25, -0.2) is 0 Å². The molecule has 0 amide bonds. The van der Waals surface area contributed by atoms with Gasteiger partial charge in [0.05, 0.1) is 18.8 Å². The lowest BCUT2D eigenvalue weighted by atomic mass is 9.97. The number of ether oxygens (including phenoxy) is 1. The van der Waals surface area contributed by atoms with E-state index in [-0.39, 0.29) is 6.10 Å². The van der Waals surface area contributed by atoms with Crippen molar-refractivity contribution in [3.63, 3.8) is 0 Å². The van der Waals surface area contributed by atoms with E-state index < -0.39 is 0 Å². The lowest BCUT2D eigenvalue weighted by Gasteiger charge is -2.09. The van der Waals surface area contributed by atoms with Gasteiger partial charge in [0.2, 0.25) is 0 Å². The summed E-state index contributed by atoms with van der Waals surface area (Å²) in [6, 6.07) is 0. The van der Waals surface area contributed by atoms with E-state index in [1.54, 1.807) is 0 Å². The summed E-state index contributed by atoms with van der Waals surface area (Å²) < 4.78 is 5.26. The minimum atomic E-state index is -0.0289. The van der Waals surface area contributed by atoms with Crippen LogP contribution in [0.4, 0.5) is 0 Å². The molecule has 0 aromatic carbocycles. The minimum Gasteiger partial charge on any atom is -0.393 e. The van der Waals surface area contributed by atoms with Gasteiger partial charge in [0.1, 0.15) is 0 Å². The zero-order valence-electron chi connectivity index (χ0n) is 6.83. The van der Waals surface area contributed by atoms with Gasteiger partial charge in [0.25, 0.3) is 0 Å². The second kappa shape index (κ2) is 3.11. The first kappa shape index (κ1) is 7.56. The van der Waals surface area contributed by atoms with Gasteiger partial charge in [-0.3, -0.25) is 0 Å². The van der Waals surface area contributed by atoms with E-state index >= 15 is 0 Å². The second-order valence-electron chi connectivity index (χ2n) is 3.79. The molecule has 3 unspecified atom stereocenters. The molecule has 0 aromatic heterocycles. The Kier molecular flexibility index (Phi) is 2.14. The maximum Gasteiger partial charge on any atom is 0.0838 e. The Morgan fingerprint density at radius 1 is 1.09 bits per heavy atom. The van der Waals surface area contributed by atoms with E-state index in [1.807, 2.05) is 0 Å². The van der Waals surface area contributed by atoms with Crippen LogP contribution in [0.3, 0.4) is 0 Å². The number of epoxide rings is 1. The van der Waals surface area contributed by atoms with Crippen LogP contribution in [0.25, 0.3) is 0 Å². The Labute approximate surface area is 67.6 Å². The number of aliphatic hydroxyl groups excluding tert-OH is 1. The van der Waals surface area contributed by atoms with Gasteiger partial charge < -0.3 is 9.84 Å². The van der Waals surface area contributed by atoms with Crippen molar-refractivity contribution >= 4 is 0 Å². The van der Waals surface area contributed by atoms with Gasteiger partial charge in [0, 0.05) is 0 Å². The van der Waals surface area contributed by atoms with E-state index in [0.29, 0.717) is 6.10 Å². The summed E-state index contributed by atoms with van der Waals surface area (Å²) in [7, 11) is 0. The lowest BCUT2D eigenvalue weighted by Crippen LogP contribution is -2.08. The number of hydrogen-bond donors (Lipinski definition) is 1. The van der Waals surface area contributed by atoms with Crippen LogP contribution in [0.5, 0.6) is 0 Å². The highest BCUT2D eigenvalue weighted by Crippen LogP contribution is 2.32. The first-order valence-corrected chi connectivity index (χ1v) is 4.66. The van der Waals surface area contributed by atoms with E-state index in [9.17, 15) is 5.11 Å². The Hall–Kier alpha value is -0.0800. The second-order valence-corrected chi connectivity index (χ2v) is 3.79. The van der Waals surface area contributed by atoms with Crippen LogP contribution in [-0.2, 0) is 4.74 Å². The number of rotatable bonds is 1. The van der Waals surface area contributed by atoms with Crippen molar-refractivity contribution in [2.24, 2.45) is 5.92 Å². The van der Waals surface area contributed by atoms with Crippen molar-refractivity contribution < 1.29 is 9.84 Å². The number of aliphatic hydroxyl groups is 1. The summed E-state index contributed by atoms with van der Waals surface area (Å²) in [5, 5.41) is 9.37. The Morgan fingerprint density at radius 2 is 1.91 bits per heavy atom. The smallest absolute Gasteiger partial charge is 0.0838 e. The average molecular weight is 156 g/mol. The summed E-state index contributed by atoms with van der Waals surface area (Å²) in [5.41, 5.74) is 0. The number of hydrogen-bond acceptors (Lipinski definition) is 2. The summed E-state index contributed by atoms with van der Waals surface area (Å²) in [6.45, 7) is 0.973. The zero-order valence-corrected chi connectivity index (χ0v) is 6.83. The molecule has 11 heavy (non-hydrogen) atoms. The molecule has 64 valence electrons. The quantitative estimate of drug-likeness (QED) is 0.459. The van der Waals surface area contributed by atoms with Gasteiger partial charge in [-0.2, -0.15) is 0 Å². The first-order chi connectivity index (χ1) is 5.36. The molecule has 2 rings (SSSR count). The maximum atomic E-state index is 9.37. The molecule has 2 fully saturated rings. The fraction of sp³-hybridized carbons (Fsp3) is 1.00. The summed E-state index contributed by atoms with van der Waals surface area (Å²) >= 11 is 0. The SMILES string of the molecule is OC1CCCC(C2CO2)CC1. The molecule has 2 aliphatic rings. The third-order valence-corrected chi connectivity index (χ3v) is 2.87. The third-order valence-electron chi connectivity index (χ3n) is 2.87. The fourth-order valence-electron chi connectivity index (χ4n) is 2.01. The van der Waals surface area contributed by atoms with Crippen LogP contribution < -0.4 is 0 Å². The van der Waals surface area contributed by atoms with Crippen molar-refractivity contribution in [1.29, 1.82) is 0 Å². The van der Waals surface area contributed by atoms with Crippen molar-refractivity contribution in [3.8, 4) is 0 Å². The maximum absolute atomic E-state index is 9.37. The topological polar surface area (TPSA) is 32.8 Å². The van der Waals surface area contributed by atoms with E-state index in [2.05, 4.69) is 0 Å². The van der Waals surface area contributed by atoms with Crippen LogP contribution in [0.2, 0.25) is 0 Å². The van der Waals surface area contributed by atoms with E-state index in [0.717, 1.165) is 25.4 Å². The molecule has 1 heterocycles. The van der Waals surface area contributed by atoms with Crippen molar-refractivity contribution in [1.82, 2.24) is 0 Å². The molecular formula is C9H16O2. The highest BCUT2D eigenvalue weighted by Gasteiger charge is 2.33. The molecule has 1 aliphatic carbocycles. The van der Waals surface area contributed by atoms with Crippen molar-refractivity contribution in [2.75, 3.05) is 6.61 Å². The summed E-state index contributed by atoms with van der Waals surface area (Å²) in [4.78, 5) is 0. The monoisotopic (exact) mass is 156 g/mol. The largest absolute Gasteiger partial charge is 0.393 e. The molecule has 1 saturated carbocycles. The fourth-order valence-corrected chi connectivity index (χ4v) is 2.01. The third kappa shape index (κ3) is 1.94. The van der Waals surface area contributed by atoms with Crippen LogP contribution in [0.15, 0.2) is 0 Å².